The average molecular weight is 530 g/mol. The van der Waals surface area contributed by atoms with Gasteiger partial charge in [-0.05, 0) is 64.9 Å². The average Bonchev–Trinajstić information content (AvgIpc) is 3.66. The van der Waals surface area contributed by atoms with Gasteiger partial charge in [0, 0.05) is 29.4 Å². The molecule has 4 aromatic heterocycles. The molecule has 2 aliphatic rings. The van der Waals surface area contributed by atoms with Crippen molar-refractivity contribution in [2.75, 3.05) is 5.73 Å². The first kappa shape index (κ1) is 25.1. The summed E-state index contributed by atoms with van der Waals surface area (Å²) in [6.07, 6.45) is 9.99. The van der Waals surface area contributed by atoms with Crippen molar-refractivity contribution in [2.45, 2.75) is 76.5 Å². The molecule has 2 fully saturated rings. The number of hydrogen-bond donors (Lipinski definition) is 3. The summed E-state index contributed by atoms with van der Waals surface area (Å²) in [6.45, 7) is 3.50. The van der Waals surface area contributed by atoms with Gasteiger partial charge in [-0.3, -0.25) is 14.6 Å². The molecular formula is C27H31N9O3. The van der Waals surface area contributed by atoms with Crippen LogP contribution in [0.15, 0.2) is 30.9 Å². The van der Waals surface area contributed by atoms with Crippen LogP contribution in [0.1, 0.15) is 84.7 Å². The zero-order valence-corrected chi connectivity index (χ0v) is 22.0. The fourth-order valence-electron chi connectivity index (χ4n) is 5.88. The van der Waals surface area contributed by atoms with Gasteiger partial charge in [0.05, 0.1) is 23.1 Å². The third-order valence-electron chi connectivity index (χ3n) is 8.20. The first-order chi connectivity index (χ1) is 18.8. The van der Waals surface area contributed by atoms with E-state index >= 15 is 0 Å². The van der Waals surface area contributed by atoms with Gasteiger partial charge in [0.1, 0.15) is 17.7 Å². The number of pyridine rings is 1. The van der Waals surface area contributed by atoms with E-state index in [0.29, 0.717) is 48.3 Å². The minimum Gasteiger partial charge on any atom is -0.384 e. The van der Waals surface area contributed by atoms with E-state index < -0.39 is 5.60 Å². The van der Waals surface area contributed by atoms with E-state index in [1.165, 1.54) is 17.8 Å². The van der Waals surface area contributed by atoms with E-state index in [0.717, 1.165) is 30.4 Å². The molecule has 0 spiro atoms. The molecule has 39 heavy (non-hydrogen) atoms. The molecule has 202 valence electrons. The van der Waals surface area contributed by atoms with E-state index in [4.69, 9.17) is 10.7 Å². The Morgan fingerprint density at radius 2 is 2.05 bits per heavy atom. The number of rotatable bonds is 7. The van der Waals surface area contributed by atoms with Crippen LogP contribution < -0.4 is 5.73 Å². The molecule has 1 aliphatic heterocycles. The van der Waals surface area contributed by atoms with Crippen LogP contribution in [0.2, 0.25) is 0 Å². The molecular weight excluding hydrogens is 498 g/mol. The maximum absolute atomic E-state index is 13.1. The standard InChI is InChI=1S/C27H31N9O3/c1-15-4-6-18(35(15)26(38)24-30-14-31-34-24)7-8-20-22(16(2)37)23(28)36-25(33-20)19(13-32-36)17-5-9-21(29-12-17)27(39)10-3-11-27/h5,9,12-15,18,39H,3-4,6-8,10-11,28H2,1-2H3,(H,30,31,34)/t15-,18-/m1/s1. The second-order valence-corrected chi connectivity index (χ2v) is 10.7. The molecule has 4 N–H and O–H groups in total. The van der Waals surface area contributed by atoms with Crippen LogP contribution in [0.5, 0.6) is 0 Å². The van der Waals surface area contributed by atoms with E-state index in [2.05, 4.69) is 25.3 Å². The molecule has 0 unspecified atom stereocenters. The number of likely N-dealkylation sites (tertiary alicyclic amines) is 1. The van der Waals surface area contributed by atoms with E-state index in [-0.39, 0.29) is 35.4 Å². The number of aromatic nitrogens is 7. The number of amides is 1. The van der Waals surface area contributed by atoms with Crippen molar-refractivity contribution in [3.05, 3.63) is 53.6 Å². The van der Waals surface area contributed by atoms with Crippen molar-refractivity contribution >= 4 is 23.2 Å². The van der Waals surface area contributed by atoms with Crippen LogP contribution in [-0.4, -0.2) is 68.5 Å². The lowest BCUT2D eigenvalue weighted by Gasteiger charge is -2.35. The lowest BCUT2D eigenvalue weighted by atomic mass is 9.77. The van der Waals surface area contributed by atoms with Crippen LogP contribution in [0.25, 0.3) is 16.8 Å². The van der Waals surface area contributed by atoms with Gasteiger partial charge in [0.25, 0.3) is 5.91 Å². The van der Waals surface area contributed by atoms with E-state index in [9.17, 15) is 14.7 Å². The topological polar surface area (TPSA) is 168 Å². The summed E-state index contributed by atoms with van der Waals surface area (Å²) >= 11 is 0. The fraction of sp³-hybridized carbons (Fsp3) is 0.444. The molecule has 12 nitrogen and oxygen atoms in total. The third-order valence-corrected chi connectivity index (χ3v) is 8.20. The van der Waals surface area contributed by atoms with Gasteiger partial charge in [-0.15, -0.1) is 10.2 Å². The Morgan fingerprint density at radius 1 is 1.23 bits per heavy atom. The van der Waals surface area contributed by atoms with Crippen LogP contribution in [0, 0.1) is 0 Å². The maximum Gasteiger partial charge on any atom is 0.292 e. The van der Waals surface area contributed by atoms with Crippen LogP contribution in [0.4, 0.5) is 5.82 Å². The number of fused-ring (bicyclic) bond motifs is 1. The number of H-pyrrole nitrogens is 1. The molecule has 1 saturated carbocycles. The smallest absolute Gasteiger partial charge is 0.292 e. The van der Waals surface area contributed by atoms with Gasteiger partial charge in [-0.1, -0.05) is 6.07 Å². The van der Waals surface area contributed by atoms with Crippen LogP contribution in [0.3, 0.4) is 0 Å². The third kappa shape index (κ3) is 4.24. The summed E-state index contributed by atoms with van der Waals surface area (Å²) in [6, 6.07) is 3.78. The number of carbonyl (C=O) groups excluding carboxylic acids is 2. The zero-order valence-electron chi connectivity index (χ0n) is 22.0. The molecule has 2 atom stereocenters. The Bertz CT molecular complexity index is 1540. The van der Waals surface area contributed by atoms with Gasteiger partial charge >= 0.3 is 0 Å². The van der Waals surface area contributed by atoms with Crippen molar-refractivity contribution in [3.63, 3.8) is 0 Å². The number of aliphatic hydroxyl groups is 1. The molecule has 0 aromatic carbocycles. The normalized spacial score (nSPS) is 20.3. The number of nitrogens with two attached hydrogens (primary N) is 1. The monoisotopic (exact) mass is 529 g/mol. The highest BCUT2D eigenvalue weighted by Crippen LogP contribution is 2.40. The number of nitrogen functional groups attached to an aromatic ring is 1. The molecule has 12 heteroatoms. The maximum atomic E-state index is 13.1. The number of nitrogens with zero attached hydrogens (tertiary/aromatic N) is 7. The predicted octanol–water partition coefficient (Wildman–Crippen LogP) is 2.69. The first-order valence-electron chi connectivity index (χ1n) is 13.3. The summed E-state index contributed by atoms with van der Waals surface area (Å²) in [5.74, 6) is 0.0762. The molecule has 0 bridgehead atoms. The van der Waals surface area contributed by atoms with E-state index in [1.807, 2.05) is 24.0 Å². The van der Waals surface area contributed by atoms with Crippen LogP contribution >= 0.6 is 0 Å². The van der Waals surface area contributed by atoms with Gasteiger partial charge in [-0.25, -0.2) is 4.98 Å². The first-order valence-corrected chi connectivity index (χ1v) is 13.3. The molecule has 1 amide bonds. The van der Waals surface area contributed by atoms with Crippen LogP contribution in [-0.2, 0) is 12.0 Å². The summed E-state index contributed by atoms with van der Waals surface area (Å²) in [7, 11) is 0. The predicted molar refractivity (Wildman–Crippen MR) is 142 cm³/mol. The number of anilines is 1. The molecule has 4 aromatic rings. The fourth-order valence-corrected chi connectivity index (χ4v) is 5.88. The van der Waals surface area contributed by atoms with Crippen molar-refractivity contribution in [1.82, 2.24) is 39.7 Å². The summed E-state index contributed by atoms with van der Waals surface area (Å²) in [4.78, 5) is 39.8. The SMILES string of the molecule is CC(=O)c1c(CC[C@H]2CC[C@@H](C)N2C(=O)c2nnc[nH]2)nc2c(-c3ccc(C4(O)CCC4)nc3)cnn2c1N. The number of hydrogen-bond acceptors (Lipinski definition) is 9. The Hall–Kier alpha value is -4.19. The number of aromatic amines is 1. The lowest BCUT2D eigenvalue weighted by molar-refractivity contribution is -0.0426. The lowest BCUT2D eigenvalue weighted by Crippen LogP contribution is -2.40. The minimum atomic E-state index is -0.841. The molecule has 6 rings (SSSR count). The number of aryl methyl sites for hydroxylation is 1. The van der Waals surface area contributed by atoms with Crippen molar-refractivity contribution in [2.24, 2.45) is 0 Å². The Kier molecular flexibility index (Phi) is 6.13. The zero-order chi connectivity index (χ0) is 27.3. The van der Waals surface area contributed by atoms with Gasteiger partial charge < -0.3 is 20.7 Å². The van der Waals surface area contributed by atoms with Gasteiger partial charge in [0.15, 0.2) is 11.4 Å². The molecule has 0 radical (unpaired) electrons. The number of carbonyl (C=O) groups is 2. The van der Waals surface area contributed by atoms with Crippen molar-refractivity contribution in [3.8, 4) is 11.1 Å². The van der Waals surface area contributed by atoms with Crippen molar-refractivity contribution < 1.29 is 14.7 Å². The summed E-state index contributed by atoms with van der Waals surface area (Å²) in [5, 5.41) is 22.7. The highest BCUT2D eigenvalue weighted by molar-refractivity contribution is 6.00. The Balaban J connectivity index is 1.31. The number of Topliss-reactive ketones (excluding diaryl/α,β-unsaturated/α-hetero) is 1. The molecule has 1 aliphatic carbocycles. The summed E-state index contributed by atoms with van der Waals surface area (Å²) < 4.78 is 1.49. The molecule has 5 heterocycles. The van der Waals surface area contributed by atoms with Crippen molar-refractivity contribution in [1.29, 1.82) is 0 Å². The minimum absolute atomic E-state index is 0.0323. The van der Waals surface area contributed by atoms with Gasteiger partial charge in [0.2, 0.25) is 5.82 Å². The van der Waals surface area contributed by atoms with E-state index in [1.54, 1.807) is 12.4 Å². The molecule has 1 saturated heterocycles. The quantitative estimate of drug-likeness (QED) is 0.305. The van der Waals surface area contributed by atoms with Gasteiger partial charge in [-0.2, -0.15) is 9.61 Å². The Labute approximate surface area is 224 Å². The largest absolute Gasteiger partial charge is 0.384 e. The number of ketones is 1. The highest BCUT2D eigenvalue weighted by Gasteiger charge is 2.38. The second-order valence-electron chi connectivity index (χ2n) is 10.7. The Morgan fingerprint density at radius 3 is 2.69 bits per heavy atom. The summed E-state index contributed by atoms with van der Waals surface area (Å²) in [5.41, 5.74) is 9.26. The second kappa shape index (κ2) is 9.53. The number of nitrogens with one attached hydrogen (secondary N) is 1. The highest BCUT2D eigenvalue weighted by atomic mass is 16.3.